The second-order valence-corrected chi connectivity index (χ2v) is 6.53. The van der Waals surface area contributed by atoms with Crippen LogP contribution in [0.3, 0.4) is 0 Å². The molecule has 0 aromatic heterocycles. The third-order valence-corrected chi connectivity index (χ3v) is 5.05. The molecule has 6 unspecified atom stereocenters. The summed E-state index contributed by atoms with van der Waals surface area (Å²) >= 11 is 0. The number of rotatable bonds is 1. The third-order valence-electron chi connectivity index (χ3n) is 5.05. The van der Waals surface area contributed by atoms with Crippen molar-refractivity contribution in [1.29, 1.82) is 0 Å². The fraction of sp³-hybridized carbons (Fsp3) is 1.00. The molecule has 8 N–H and O–H groups in total. The summed E-state index contributed by atoms with van der Waals surface area (Å²) in [6.07, 6.45) is 3.30. The van der Waals surface area contributed by atoms with E-state index in [1.807, 2.05) is 13.8 Å². The van der Waals surface area contributed by atoms with Gasteiger partial charge >= 0.3 is 0 Å². The molecule has 0 radical (unpaired) electrons. The summed E-state index contributed by atoms with van der Waals surface area (Å²) in [5.41, 5.74) is 24.6. The van der Waals surface area contributed by atoms with Gasteiger partial charge < -0.3 is 22.9 Å². The number of hydrogen-bond donors (Lipinski definition) is 4. The van der Waals surface area contributed by atoms with Crippen LogP contribution in [0.4, 0.5) is 0 Å². The van der Waals surface area contributed by atoms with Crippen LogP contribution in [0.15, 0.2) is 0 Å². The van der Waals surface area contributed by atoms with Crippen molar-refractivity contribution >= 4 is 0 Å². The van der Waals surface area contributed by atoms with Gasteiger partial charge in [0.15, 0.2) is 0 Å². The molecule has 19 heavy (non-hydrogen) atoms. The molecule has 3 aliphatic carbocycles. The molecule has 0 aromatic rings. The van der Waals surface area contributed by atoms with E-state index in [0.29, 0.717) is 5.92 Å². The Bertz CT molecular complexity index is 247. The number of hydrogen-bond acceptors (Lipinski definition) is 4. The van der Waals surface area contributed by atoms with Crippen LogP contribution in [0.1, 0.15) is 47.0 Å². The monoisotopic (exact) mass is 270 g/mol. The average molecular weight is 270 g/mol. The van der Waals surface area contributed by atoms with Gasteiger partial charge in [-0.15, -0.1) is 0 Å². The highest BCUT2D eigenvalue weighted by molar-refractivity contribution is 5.02. The molecule has 0 aliphatic heterocycles. The highest BCUT2D eigenvalue weighted by Crippen LogP contribution is 2.50. The molecule has 3 aliphatic rings. The maximum absolute atomic E-state index is 6.19. The van der Waals surface area contributed by atoms with Gasteiger partial charge in [-0.2, -0.15) is 0 Å². The first kappa shape index (κ1) is 16.9. The second kappa shape index (κ2) is 7.02. The molecular weight excluding hydrogens is 236 g/mol. The lowest BCUT2D eigenvalue weighted by molar-refractivity contribution is 0.0153. The van der Waals surface area contributed by atoms with E-state index in [0.717, 1.165) is 30.6 Å². The van der Waals surface area contributed by atoms with E-state index in [1.54, 1.807) is 0 Å². The smallest absolute Gasteiger partial charge is 0.0361 e. The van der Waals surface area contributed by atoms with E-state index in [-0.39, 0.29) is 24.2 Å². The fourth-order valence-electron chi connectivity index (χ4n) is 4.07. The minimum absolute atomic E-state index is 0.00125. The van der Waals surface area contributed by atoms with Crippen molar-refractivity contribution in [2.24, 2.45) is 46.6 Å². The van der Waals surface area contributed by atoms with Crippen LogP contribution in [0.25, 0.3) is 0 Å². The maximum atomic E-state index is 6.19. The summed E-state index contributed by atoms with van der Waals surface area (Å²) < 4.78 is 0. The summed E-state index contributed by atoms with van der Waals surface area (Å²) in [6.45, 7) is 8.61. The van der Waals surface area contributed by atoms with Crippen molar-refractivity contribution in [3.05, 3.63) is 0 Å². The Morgan fingerprint density at radius 1 is 0.737 bits per heavy atom. The molecule has 3 fully saturated rings. The highest BCUT2D eigenvalue weighted by Gasteiger charge is 2.46. The Hall–Kier alpha value is -0.160. The number of nitrogens with two attached hydrogens (primary N) is 4. The molecule has 4 heteroatoms. The quantitative estimate of drug-likeness (QED) is 0.571. The molecular formula is C15H34N4. The van der Waals surface area contributed by atoms with Crippen LogP contribution in [0, 0.1) is 23.7 Å². The van der Waals surface area contributed by atoms with Crippen molar-refractivity contribution in [2.45, 2.75) is 71.1 Å². The summed E-state index contributed by atoms with van der Waals surface area (Å²) in [5, 5.41) is 0. The minimum atomic E-state index is -0.155. The van der Waals surface area contributed by atoms with Gasteiger partial charge in [-0.25, -0.2) is 0 Å². The zero-order valence-electron chi connectivity index (χ0n) is 13.0. The van der Waals surface area contributed by atoms with Crippen molar-refractivity contribution in [1.82, 2.24) is 0 Å². The Balaban J connectivity index is 0.000000861. The molecule has 0 spiro atoms. The molecule has 4 nitrogen and oxygen atoms in total. The topological polar surface area (TPSA) is 104 Å². The van der Waals surface area contributed by atoms with Crippen LogP contribution in [0.5, 0.6) is 0 Å². The van der Waals surface area contributed by atoms with Crippen molar-refractivity contribution in [2.75, 3.05) is 0 Å². The van der Waals surface area contributed by atoms with Crippen LogP contribution < -0.4 is 22.9 Å². The van der Waals surface area contributed by atoms with Crippen LogP contribution in [-0.4, -0.2) is 24.2 Å². The van der Waals surface area contributed by atoms with Gasteiger partial charge in [0.05, 0.1) is 0 Å². The van der Waals surface area contributed by atoms with E-state index >= 15 is 0 Å². The van der Waals surface area contributed by atoms with Gasteiger partial charge in [-0.05, 0) is 42.9 Å². The Labute approximate surface area is 118 Å². The Morgan fingerprint density at radius 2 is 1.11 bits per heavy atom. The molecule has 0 saturated heterocycles. The largest absolute Gasteiger partial charge is 0.326 e. The molecule has 0 heterocycles. The van der Waals surface area contributed by atoms with Crippen molar-refractivity contribution in [3.8, 4) is 0 Å². The minimum Gasteiger partial charge on any atom is -0.326 e. The van der Waals surface area contributed by atoms with Crippen molar-refractivity contribution in [3.63, 3.8) is 0 Å². The van der Waals surface area contributed by atoms with Gasteiger partial charge in [-0.1, -0.05) is 27.7 Å². The predicted molar refractivity (Wildman–Crippen MR) is 82.4 cm³/mol. The average Bonchev–Trinajstić information content (AvgIpc) is 2.40. The first-order valence-electron chi connectivity index (χ1n) is 7.94. The first-order valence-corrected chi connectivity index (χ1v) is 7.94. The lowest BCUT2D eigenvalue weighted by Crippen LogP contribution is -2.59. The maximum Gasteiger partial charge on any atom is 0.0361 e. The van der Waals surface area contributed by atoms with Crippen LogP contribution >= 0.6 is 0 Å². The Morgan fingerprint density at radius 3 is 1.42 bits per heavy atom. The standard InChI is InChI=1S/C13H28N4.C2H6/c1-6(2)11-7-3-8(11)5-10(15)13(17)12(16)9(14)4-7;1-2/h6-13H,3-5,14-17H2,1-2H3;1-2H3. The summed E-state index contributed by atoms with van der Waals surface area (Å²) in [7, 11) is 0. The fourth-order valence-corrected chi connectivity index (χ4v) is 4.07. The molecule has 0 aromatic carbocycles. The normalized spacial score (nSPS) is 46.3. The number of fused-ring (bicyclic) bond motifs is 5. The van der Waals surface area contributed by atoms with Gasteiger partial charge in [-0.3, -0.25) is 0 Å². The summed E-state index contributed by atoms with van der Waals surface area (Å²) in [5.74, 6) is 2.95. The van der Waals surface area contributed by atoms with E-state index < -0.39 is 0 Å². The highest BCUT2D eigenvalue weighted by atomic mass is 14.9. The zero-order valence-corrected chi connectivity index (χ0v) is 13.0. The third kappa shape index (κ3) is 3.48. The van der Waals surface area contributed by atoms with Crippen molar-refractivity contribution < 1.29 is 0 Å². The van der Waals surface area contributed by atoms with E-state index in [4.69, 9.17) is 22.9 Å². The molecule has 0 amide bonds. The van der Waals surface area contributed by atoms with Gasteiger partial charge in [0.2, 0.25) is 0 Å². The summed E-state index contributed by atoms with van der Waals surface area (Å²) in [4.78, 5) is 0. The van der Waals surface area contributed by atoms with Gasteiger partial charge in [0, 0.05) is 24.2 Å². The molecule has 3 saturated carbocycles. The van der Waals surface area contributed by atoms with Gasteiger partial charge in [0.25, 0.3) is 0 Å². The Kier molecular flexibility index (Phi) is 6.24. The van der Waals surface area contributed by atoms with E-state index in [1.165, 1.54) is 6.42 Å². The zero-order chi connectivity index (χ0) is 14.7. The lowest BCUT2D eigenvalue weighted by Gasteiger charge is -2.48. The second-order valence-electron chi connectivity index (χ2n) is 6.53. The SMILES string of the molecule is CC.CC(C)C1C2CC(N)C(N)C(N)C(N)CC1C2. The molecule has 114 valence electrons. The van der Waals surface area contributed by atoms with Crippen LogP contribution in [-0.2, 0) is 0 Å². The summed E-state index contributed by atoms with van der Waals surface area (Å²) in [6, 6.07) is -0.308. The van der Waals surface area contributed by atoms with Crippen LogP contribution in [0.2, 0.25) is 0 Å². The lowest BCUT2D eigenvalue weighted by atomic mass is 9.57. The van der Waals surface area contributed by atoms with E-state index in [2.05, 4.69) is 13.8 Å². The molecule has 3 rings (SSSR count). The van der Waals surface area contributed by atoms with E-state index in [9.17, 15) is 0 Å². The molecule has 2 bridgehead atoms. The molecule has 6 atom stereocenters. The first-order chi connectivity index (χ1) is 8.91. The van der Waals surface area contributed by atoms with Gasteiger partial charge in [0.1, 0.15) is 0 Å². The predicted octanol–water partition coefficient (Wildman–Crippen LogP) is 1.02.